The minimum Gasteiger partial charge on any atom is -0.372 e. The van der Waals surface area contributed by atoms with Crippen LogP contribution in [0, 0.1) is 11.8 Å². The van der Waals surface area contributed by atoms with Crippen LogP contribution in [0.2, 0.25) is 0 Å². The number of hydrogen-bond acceptors (Lipinski definition) is 3. The Morgan fingerprint density at radius 3 is 2.42 bits per heavy atom. The Morgan fingerprint density at radius 2 is 1.79 bits per heavy atom. The summed E-state index contributed by atoms with van der Waals surface area (Å²) in [5, 5.41) is 3.51. The summed E-state index contributed by atoms with van der Waals surface area (Å²) in [6.07, 6.45) is 6.21. The first-order chi connectivity index (χ1) is 9.06. The van der Waals surface area contributed by atoms with Gasteiger partial charge in [0.25, 0.3) is 0 Å². The number of hydrogen-bond donors (Lipinski definition) is 1. The van der Waals surface area contributed by atoms with E-state index in [9.17, 15) is 0 Å². The van der Waals surface area contributed by atoms with Crippen molar-refractivity contribution >= 4 is 0 Å². The van der Waals surface area contributed by atoms with E-state index in [1.165, 1.54) is 25.7 Å². The van der Waals surface area contributed by atoms with Gasteiger partial charge in [-0.05, 0) is 58.0 Å². The number of rotatable bonds is 8. The highest BCUT2D eigenvalue weighted by atomic mass is 16.5. The zero-order chi connectivity index (χ0) is 13.8. The Kier molecular flexibility index (Phi) is 5.67. The maximum Gasteiger partial charge on any atom is 0.0707 e. The average Bonchev–Trinajstić information content (AvgIpc) is 3.11. The standard InChI is InChI=1S/C16H32N2O/c1-12(2)9-17-10-15-7-8-16(19-15)11-18(4)13(3)14-5-6-14/h12-17H,5-11H2,1-4H3. The van der Waals surface area contributed by atoms with Crippen molar-refractivity contribution in [2.24, 2.45) is 11.8 Å². The number of nitrogens with one attached hydrogen (secondary N) is 1. The molecular formula is C16H32N2O. The number of likely N-dealkylation sites (N-methyl/N-ethyl adjacent to an activating group) is 1. The van der Waals surface area contributed by atoms with E-state index in [-0.39, 0.29) is 0 Å². The molecule has 1 heterocycles. The SMILES string of the molecule is CC(C)CNCC1CCC(CN(C)C(C)C2CC2)O1. The summed E-state index contributed by atoms with van der Waals surface area (Å²) in [4.78, 5) is 2.51. The largest absolute Gasteiger partial charge is 0.372 e. The second-order valence-electron chi connectivity index (χ2n) is 7.03. The van der Waals surface area contributed by atoms with Crippen molar-refractivity contribution in [2.45, 2.75) is 64.7 Å². The van der Waals surface area contributed by atoms with Gasteiger partial charge in [-0.3, -0.25) is 0 Å². The maximum absolute atomic E-state index is 6.16. The Labute approximate surface area is 119 Å². The van der Waals surface area contributed by atoms with Gasteiger partial charge in [0.2, 0.25) is 0 Å². The summed E-state index contributed by atoms with van der Waals surface area (Å²) in [7, 11) is 2.26. The number of nitrogens with zero attached hydrogens (tertiary/aromatic N) is 1. The van der Waals surface area contributed by atoms with Gasteiger partial charge in [0.1, 0.15) is 0 Å². The van der Waals surface area contributed by atoms with Crippen molar-refractivity contribution < 1.29 is 4.74 Å². The molecule has 3 nitrogen and oxygen atoms in total. The molecule has 3 atom stereocenters. The van der Waals surface area contributed by atoms with Crippen LogP contribution in [0.4, 0.5) is 0 Å². The van der Waals surface area contributed by atoms with Crippen molar-refractivity contribution in [1.82, 2.24) is 10.2 Å². The van der Waals surface area contributed by atoms with Gasteiger partial charge < -0.3 is 15.0 Å². The second-order valence-corrected chi connectivity index (χ2v) is 7.03. The van der Waals surface area contributed by atoms with Crippen LogP contribution in [-0.4, -0.2) is 49.8 Å². The predicted molar refractivity (Wildman–Crippen MR) is 80.4 cm³/mol. The highest BCUT2D eigenvalue weighted by molar-refractivity contribution is 4.86. The first-order valence-corrected chi connectivity index (χ1v) is 8.12. The highest BCUT2D eigenvalue weighted by Gasteiger charge is 2.33. The topological polar surface area (TPSA) is 24.5 Å². The van der Waals surface area contributed by atoms with Crippen LogP contribution in [0.1, 0.15) is 46.5 Å². The molecule has 2 aliphatic rings. The molecule has 1 aliphatic carbocycles. The Hall–Kier alpha value is -0.120. The Morgan fingerprint density at radius 1 is 1.11 bits per heavy atom. The van der Waals surface area contributed by atoms with Gasteiger partial charge in [-0.1, -0.05) is 13.8 Å². The van der Waals surface area contributed by atoms with Crippen LogP contribution in [-0.2, 0) is 4.74 Å². The molecule has 0 radical (unpaired) electrons. The molecule has 3 unspecified atom stereocenters. The quantitative estimate of drug-likeness (QED) is 0.732. The lowest BCUT2D eigenvalue weighted by Crippen LogP contribution is -2.38. The van der Waals surface area contributed by atoms with Crippen LogP contribution in [0.15, 0.2) is 0 Å². The van der Waals surface area contributed by atoms with Crippen molar-refractivity contribution in [3.63, 3.8) is 0 Å². The molecule has 2 fully saturated rings. The first-order valence-electron chi connectivity index (χ1n) is 8.12. The van der Waals surface area contributed by atoms with Crippen molar-refractivity contribution in [3.8, 4) is 0 Å². The smallest absolute Gasteiger partial charge is 0.0707 e. The van der Waals surface area contributed by atoms with Crippen LogP contribution in [0.5, 0.6) is 0 Å². The normalized spacial score (nSPS) is 29.4. The molecule has 0 aromatic carbocycles. The van der Waals surface area contributed by atoms with E-state index in [1.54, 1.807) is 0 Å². The minimum absolute atomic E-state index is 0.438. The summed E-state index contributed by atoms with van der Waals surface area (Å²) < 4.78 is 6.16. The van der Waals surface area contributed by atoms with Crippen LogP contribution < -0.4 is 5.32 Å². The molecule has 0 aromatic heterocycles. The number of ether oxygens (including phenoxy) is 1. The van der Waals surface area contributed by atoms with Crippen molar-refractivity contribution in [3.05, 3.63) is 0 Å². The van der Waals surface area contributed by atoms with E-state index >= 15 is 0 Å². The monoisotopic (exact) mass is 268 g/mol. The summed E-state index contributed by atoms with van der Waals surface area (Å²) in [5.41, 5.74) is 0. The van der Waals surface area contributed by atoms with Gasteiger partial charge in [0.15, 0.2) is 0 Å². The van der Waals surface area contributed by atoms with Crippen molar-refractivity contribution in [2.75, 3.05) is 26.7 Å². The molecule has 1 saturated heterocycles. The lowest BCUT2D eigenvalue weighted by molar-refractivity contribution is 0.0200. The summed E-state index contributed by atoms with van der Waals surface area (Å²) in [6, 6.07) is 0.738. The van der Waals surface area contributed by atoms with Gasteiger partial charge in [0.05, 0.1) is 12.2 Å². The summed E-state index contributed by atoms with van der Waals surface area (Å²) in [5.74, 6) is 1.68. The molecular weight excluding hydrogens is 236 g/mol. The molecule has 19 heavy (non-hydrogen) atoms. The molecule has 0 aromatic rings. The van der Waals surface area contributed by atoms with Crippen molar-refractivity contribution in [1.29, 1.82) is 0 Å². The zero-order valence-electron chi connectivity index (χ0n) is 13.2. The molecule has 2 rings (SSSR count). The summed E-state index contributed by atoms with van der Waals surface area (Å²) >= 11 is 0. The van der Waals surface area contributed by atoms with Gasteiger partial charge in [-0.25, -0.2) is 0 Å². The highest BCUT2D eigenvalue weighted by Crippen LogP contribution is 2.35. The molecule has 3 heteroatoms. The van der Waals surface area contributed by atoms with Crippen LogP contribution >= 0.6 is 0 Å². The zero-order valence-corrected chi connectivity index (χ0v) is 13.2. The lowest BCUT2D eigenvalue weighted by Gasteiger charge is -2.27. The van der Waals surface area contributed by atoms with Gasteiger partial charge in [-0.15, -0.1) is 0 Å². The molecule has 1 aliphatic heterocycles. The lowest BCUT2D eigenvalue weighted by atomic mass is 10.1. The van der Waals surface area contributed by atoms with Crippen LogP contribution in [0.25, 0.3) is 0 Å². The molecule has 1 saturated carbocycles. The first kappa shape index (κ1) is 15.3. The van der Waals surface area contributed by atoms with Gasteiger partial charge in [0, 0.05) is 19.1 Å². The molecule has 0 spiro atoms. The Bertz CT molecular complexity index is 265. The molecule has 0 bridgehead atoms. The van der Waals surface area contributed by atoms with E-state index in [2.05, 4.69) is 38.0 Å². The van der Waals surface area contributed by atoms with E-state index in [0.717, 1.165) is 37.5 Å². The van der Waals surface area contributed by atoms with E-state index in [0.29, 0.717) is 12.2 Å². The molecule has 112 valence electrons. The fourth-order valence-electron chi connectivity index (χ4n) is 3.02. The fourth-order valence-corrected chi connectivity index (χ4v) is 3.02. The third kappa shape index (κ3) is 5.05. The summed E-state index contributed by atoms with van der Waals surface area (Å²) in [6.45, 7) is 10.1. The van der Waals surface area contributed by atoms with E-state index < -0.39 is 0 Å². The third-order valence-electron chi connectivity index (χ3n) is 4.61. The maximum atomic E-state index is 6.16. The molecule has 1 N–H and O–H groups in total. The van der Waals surface area contributed by atoms with Gasteiger partial charge >= 0.3 is 0 Å². The predicted octanol–water partition coefficient (Wildman–Crippen LogP) is 2.51. The van der Waals surface area contributed by atoms with E-state index in [4.69, 9.17) is 4.74 Å². The minimum atomic E-state index is 0.438. The second kappa shape index (κ2) is 7.05. The third-order valence-corrected chi connectivity index (χ3v) is 4.61. The average molecular weight is 268 g/mol. The Balaban J connectivity index is 1.61. The fraction of sp³-hybridized carbons (Fsp3) is 1.00. The van der Waals surface area contributed by atoms with E-state index in [1.807, 2.05) is 0 Å². The molecule has 0 amide bonds. The van der Waals surface area contributed by atoms with Gasteiger partial charge in [-0.2, -0.15) is 0 Å². The van der Waals surface area contributed by atoms with Crippen LogP contribution in [0.3, 0.4) is 0 Å².